The highest BCUT2D eigenvalue weighted by Crippen LogP contribution is 1.97. The van der Waals surface area contributed by atoms with Gasteiger partial charge in [-0.15, -0.1) is 0 Å². The summed E-state index contributed by atoms with van der Waals surface area (Å²) in [5.74, 6) is -3.18. The molecular weight excluding hydrogens is 282 g/mol. The van der Waals surface area contributed by atoms with Gasteiger partial charge in [-0.3, -0.25) is 9.59 Å². The average Bonchev–Trinajstić information content (AvgIpc) is 2.33. The van der Waals surface area contributed by atoms with E-state index in [1.165, 1.54) is 0 Å². The molecule has 0 radical (unpaired) electrons. The maximum Gasteiger partial charge on any atom is 0.326 e. The number of aliphatic carboxylic acids is 2. The van der Waals surface area contributed by atoms with Crippen molar-refractivity contribution in [3.05, 3.63) is 0 Å². The molecule has 0 aromatic rings. The molecule has 0 aromatic carbocycles. The van der Waals surface area contributed by atoms with Crippen molar-refractivity contribution in [1.82, 2.24) is 15.5 Å². The second-order valence-corrected chi connectivity index (χ2v) is 4.67. The van der Waals surface area contributed by atoms with E-state index in [-0.39, 0.29) is 25.0 Å². The predicted molar refractivity (Wildman–Crippen MR) is 72.7 cm³/mol. The van der Waals surface area contributed by atoms with Crippen LogP contribution in [0.25, 0.3) is 0 Å². The van der Waals surface area contributed by atoms with Gasteiger partial charge in [0, 0.05) is 12.6 Å². The fraction of sp³-hybridized carbons (Fsp3) is 0.667. The van der Waals surface area contributed by atoms with E-state index in [0.29, 0.717) is 0 Å². The molecule has 0 aromatic heterocycles. The van der Waals surface area contributed by atoms with Crippen molar-refractivity contribution in [3.8, 4) is 0 Å². The highest BCUT2D eigenvalue weighted by atomic mass is 16.4. The van der Waals surface area contributed by atoms with Crippen LogP contribution in [0.5, 0.6) is 0 Å². The van der Waals surface area contributed by atoms with Crippen LogP contribution in [0.4, 0.5) is 4.79 Å². The molecule has 0 heterocycles. The first-order valence-electron chi connectivity index (χ1n) is 6.46. The van der Waals surface area contributed by atoms with Gasteiger partial charge in [0.1, 0.15) is 12.6 Å². The van der Waals surface area contributed by atoms with Crippen LogP contribution in [-0.4, -0.2) is 64.2 Å². The number of carboxylic acids is 2. The Balaban J connectivity index is 4.65. The molecule has 1 atom stereocenters. The fourth-order valence-corrected chi connectivity index (χ4v) is 1.48. The van der Waals surface area contributed by atoms with Gasteiger partial charge in [0.2, 0.25) is 5.91 Å². The van der Waals surface area contributed by atoms with E-state index in [1.54, 1.807) is 20.8 Å². The second kappa shape index (κ2) is 8.77. The van der Waals surface area contributed by atoms with Crippen LogP contribution in [-0.2, 0) is 14.4 Å². The Hall–Kier alpha value is -2.32. The molecule has 0 fully saturated rings. The molecule has 9 nitrogen and oxygen atoms in total. The van der Waals surface area contributed by atoms with Gasteiger partial charge in [-0.25, -0.2) is 9.59 Å². The molecule has 9 heteroatoms. The van der Waals surface area contributed by atoms with Crippen molar-refractivity contribution in [3.63, 3.8) is 0 Å². The third-order valence-corrected chi connectivity index (χ3v) is 2.43. The number of hydrogen-bond donors (Lipinski definition) is 4. The molecule has 0 aliphatic heterocycles. The Morgan fingerprint density at radius 1 is 1.10 bits per heavy atom. The lowest BCUT2D eigenvalue weighted by atomic mass is 10.2. The first kappa shape index (κ1) is 18.7. The van der Waals surface area contributed by atoms with Gasteiger partial charge >= 0.3 is 18.0 Å². The molecule has 120 valence electrons. The van der Waals surface area contributed by atoms with E-state index in [1.807, 2.05) is 0 Å². The summed E-state index contributed by atoms with van der Waals surface area (Å²) >= 11 is 0. The van der Waals surface area contributed by atoms with Crippen molar-refractivity contribution in [2.75, 3.05) is 13.1 Å². The minimum absolute atomic E-state index is 0.0851. The SMILES string of the molecule is CCN(CC(=O)NC(C)C)C(=O)N[C@@H](CC(=O)O)C(=O)O. The van der Waals surface area contributed by atoms with Crippen LogP contribution in [0.3, 0.4) is 0 Å². The van der Waals surface area contributed by atoms with Gasteiger partial charge in [-0.2, -0.15) is 0 Å². The van der Waals surface area contributed by atoms with Gasteiger partial charge in [0.25, 0.3) is 0 Å². The summed E-state index contributed by atoms with van der Waals surface area (Å²) in [5.41, 5.74) is 0. The van der Waals surface area contributed by atoms with Crippen molar-refractivity contribution in [1.29, 1.82) is 0 Å². The van der Waals surface area contributed by atoms with E-state index in [4.69, 9.17) is 10.2 Å². The van der Waals surface area contributed by atoms with Crippen molar-refractivity contribution in [2.45, 2.75) is 39.3 Å². The normalized spacial score (nSPS) is 11.6. The van der Waals surface area contributed by atoms with Crippen molar-refractivity contribution < 1.29 is 29.4 Å². The van der Waals surface area contributed by atoms with Crippen LogP contribution in [0.15, 0.2) is 0 Å². The molecule has 0 bridgehead atoms. The predicted octanol–water partition coefficient (Wildman–Crippen LogP) is -0.530. The molecule has 3 amide bonds. The van der Waals surface area contributed by atoms with Gasteiger partial charge < -0.3 is 25.7 Å². The number of nitrogens with zero attached hydrogens (tertiary/aromatic N) is 1. The lowest BCUT2D eigenvalue weighted by Gasteiger charge is -2.23. The van der Waals surface area contributed by atoms with E-state index in [9.17, 15) is 19.2 Å². The quantitative estimate of drug-likeness (QED) is 0.476. The molecule has 4 N–H and O–H groups in total. The summed E-state index contributed by atoms with van der Waals surface area (Å²) in [6, 6.07) is -2.43. The fourth-order valence-electron chi connectivity index (χ4n) is 1.48. The smallest absolute Gasteiger partial charge is 0.326 e. The molecule has 0 saturated carbocycles. The number of carbonyl (C=O) groups is 4. The molecule has 0 aliphatic rings. The molecule has 0 saturated heterocycles. The molecular formula is C12H21N3O6. The first-order valence-corrected chi connectivity index (χ1v) is 6.46. The largest absolute Gasteiger partial charge is 0.481 e. The number of likely N-dealkylation sites (N-methyl/N-ethyl adjacent to an activating group) is 1. The highest BCUT2D eigenvalue weighted by Gasteiger charge is 2.25. The third kappa shape index (κ3) is 7.75. The summed E-state index contributed by atoms with van der Waals surface area (Å²) in [7, 11) is 0. The Bertz CT molecular complexity index is 410. The number of rotatable bonds is 8. The zero-order chi connectivity index (χ0) is 16.6. The molecule has 0 unspecified atom stereocenters. The summed E-state index contributed by atoms with van der Waals surface area (Å²) in [6.45, 7) is 5.09. The Morgan fingerprint density at radius 3 is 2.05 bits per heavy atom. The number of hydrogen-bond acceptors (Lipinski definition) is 4. The topological polar surface area (TPSA) is 136 Å². The summed E-state index contributed by atoms with van der Waals surface area (Å²) in [5, 5.41) is 22.1. The molecule has 21 heavy (non-hydrogen) atoms. The van der Waals surface area contributed by atoms with Crippen LogP contribution < -0.4 is 10.6 Å². The number of nitrogens with one attached hydrogen (secondary N) is 2. The molecule has 0 rings (SSSR count). The lowest BCUT2D eigenvalue weighted by Crippen LogP contribution is -2.51. The Morgan fingerprint density at radius 2 is 1.67 bits per heavy atom. The van der Waals surface area contributed by atoms with E-state index in [0.717, 1.165) is 4.90 Å². The van der Waals surface area contributed by atoms with Crippen LogP contribution in [0.2, 0.25) is 0 Å². The third-order valence-electron chi connectivity index (χ3n) is 2.43. The van der Waals surface area contributed by atoms with Gasteiger partial charge in [-0.1, -0.05) is 0 Å². The maximum absolute atomic E-state index is 11.9. The number of carbonyl (C=O) groups excluding carboxylic acids is 2. The number of carboxylic acid groups (broad SMARTS) is 2. The van der Waals surface area contributed by atoms with Gasteiger partial charge in [-0.05, 0) is 20.8 Å². The second-order valence-electron chi connectivity index (χ2n) is 4.67. The van der Waals surface area contributed by atoms with Crippen LogP contribution >= 0.6 is 0 Å². The van der Waals surface area contributed by atoms with Gasteiger partial charge in [0.05, 0.1) is 6.42 Å². The minimum Gasteiger partial charge on any atom is -0.481 e. The first-order chi connectivity index (χ1) is 9.67. The van der Waals surface area contributed by atoms with E-state index in [2.05, 4.69) is 10.6 Å². The molecule has 0 spiro atoms. The number of amides is 3. The van der Waals surface area contributed by atoms with Crippen molar-refractivity contribution >= 4 is 23.9 Å². The summed E-state index contributed by atoms with van der Waals surface area (Å²) < 4.78 is 0. The van der Waals surface area contributed by atoms with Crippen LogP contribution in [0.1, 0.15) is 27.2 Å². The van der Waals surface area contributed by atoms with Crippen molar-refractivity contribution in [2.24, 2.45) is 0 Å². The lowest BCUT2D eigenvalue weighted by molar-refractivity contribution is -0.145. The van der Waals surface area contributed by atoms with E-state index < -0.39 is 30.4 Å². The zero-order valence-electron chi connectivity index (χ0n) is 12.3. The minimum atomic E-state index is -1.54. The number of urea groups is 1. The summed E-state index contributed by atoms with van der Waals surface area (Å²) in [6.07, 6.45) is -0.739. The average molecular weight is 303 g/mol. The highest BCUT2D eigenvalue weighted by molar-refractivity contribution is 5.88. The standard InChI is InChI=1S/C12H21N3O6/c1-4-15(6-9(16)13-7(2)3)12(21)14-8(11(19)20)5-10(17)18/h7-8H,4-6H2,1-3H3,(H,13,16)(H,14,21)(H,17,18)(H,19,20)/t8-/m0/s1. The maximum atomic E-state index is 11.9. The van der Waals surface area contributed by atoms with E-state index >= 15 is 0 Å². The monoisotopic (exact) mass is 303 g/mol. The zero-order valence-corrected chi connectivity index (χ0v) is 12.3. The Kier molecular flexibility index (Phi) is 7.80. The summed E-state index contributed by atoms with van der Waals surface area (Å²) in [4.78, 5) is 46.0. The Labute approximate surface area is 122 Å². The molecule has 0 aliphatic carbocycles. The van der Waals surface area contributed by atoms with Crippen LogP contribution in [0, 0.1) is 0 Å². The van der Waals surface area contributed by atoms with Gasteiger partial charge in [0.15, 0.2) is 0 Å².